The van der Waals surface area contributed by atoms with Gasteiger partial charge in [-0.1, -0.05) is 0 Å². The average Bonchev–Trinajstić information content (AvgIpc) is 2.05. The summed E-state index contributed by atoms with van der Waals surface area (Å²) in [7, 11) is 0. The molecule has 1 atom stereocenters. The van der Waals surface area contributed by atoms with Crippen molar-refractivity contribution in [1.82, 2.24) is 0 Å². The van der Waals surface area contributed by atoms with E-state index < -0.39 is 18.8 Å². The van der Waals surface area contributed by atoms with E-state index in [0.29, 0.717) is 13.2 Å². The van der Waals surface area contributed by atoms with Crippen LogP contribution in [-0.2, 0) is 9.47 Å². The standard InChI is InChI=1S/C8H17F2NO2/c1-3-12-7(13-4-2)5-6(11)8(9)10/h6-8H,3-5,11H2,1-2H3. The summed E-state index contributed by atoms with van der Waals surface area (Å²) in [5.74, 6) is 0. The fraction of sp³-hybridized carbons (Fsp3) is 1.00. The van der Waals surface area contributed by atoms with Gasteiger partial charge in [0.25, 0.3) is 6.43 Å². The summed E-state index contributed by atoms with van der Waals surface area (Å²) in [5.41, 5.74) is 5.17. The smallest absolute Gasteiger partial charge is 0.253 e. The van der Waals surface area contributed by atoms with E-state index in [2.05, 4.69) is 0 Å². The summed E-state index contributed by atoms with van der Waals surface area (Å²) < 4.78 is 34.2. The summed E-state index contributed by atoms with van der Waals surface area (Å²) in [4.78, 5) is 0. The molecule has 0 aliphatic carbocycles. The van der Waals surface area contributed by atoms with Gasteiger partial charge in [0.05, 0.1) is 6.04 Å². The quantitative estimate of drug-likeness (QED) is 0.627. The minimum Gasteiger partial charge on any atom is -0.353 e. The van der Waals surface area contributed by atoms with Crippen molar-refractivity contribution in [3.05, 3.63) is 0 Å². The average molecular weight is 197 g/mol. The highest BCUT2D eigenvalue weighted by Crippen LogP contribution is 2.09. The van der Waals surface area contributed by atoms with Gasteiger partial charge in [-0.15, -0.1) is 0 Å². The maximum Gasteiger partial charge on any atom is 0.253 e. The predicted octanol–water partition coefficient (Wildman–Crippen LogP) is 1.37. The molecular formula is C8H17F2NO2. The normalized spacial score (nSPS) is 14.1. The molecule has 0 saturated carbocycles. The second kappa shape index (κ2) is 7.17. The Hall–Kier alpha value is -0.260. The molecule has 0 heterocycles. The van der Waals surface area contributed by atoms with Crippen LogP contribution in [-0.4, -0.2) is 32.0 Å². The lowest BCUT2D eigenvalue weighted by molar-refractivity contribution is -0.146. The van der Waals surface area contributed by atoms with Gasteiger partial charge in [0.1, 0.15) is 0 Å². The summed E-state index contributed by atoms with van der Waals surface area (Å²) in [5, 5.41) is 0. The van der Waals surface area contributed by atoms with Gasteiger partial charge in [0.2, 0.25) is 0 Å². The van der Waals surface area contributed by atoms with Crippen LogP contribution in [0.5, 0.6) is 0 Å². The zero-order chi connectivity index (χ0) is 10.3. The van der Waals surface area contributed by atoms with Crippen LogP contribution in [0.25, 0.3) is 0 Å². The first kappa shape index (κ1) is 12.7. The van der Waals surface area contributed by atoms with E-state index in [1.165, 1.54) is 0 Å². The number of halogens is 2. The minimum absolute atomic E-state index is 0.0271. The van der Waals surface area contributed by atoms with Gasteiger partial charge in [0.15, 0.2) is 6.29 Å². The Morgan fingerprint density at radius 2 is 1.62 bits per heavy atom. The van der Waals surface area contributed by atoms with E-state index in [-0.39, 0.29) is 6.42 Å². The highest BCUT2D eigenvalue weighted by atomic mass is 19.3. The molecule has 0 fully saturated rings. The van der Waals surface area contributed by atoms with Crippen LogP contribution in [0.3, 0.4) is 0 Å². The van der Waals surface area contributed by atoms with Gasteiger partial charge in [-0.25, -0.2) is 8.78 Å². The molecule has 0 aromatic rings. The lowest BCUT2D eigenvalue weighted by Gasteiger charge is -2.20. The van der Waals surface area contributed by atoms with Crippen molar-refractivity contribution in [2.45, 2.75) is 39.0 Å². The van der Waals surface area contributed by atoms with Gasteiger partial charge in [-0.05, 0) is 13.8 Å². The van der Waals surface area contributed by atoms with Crippen molar-refractivity contribution >= 4 is 0 Å². The topological polar surface area (TPSA) is 44.5 Å². The molecule has 0 aliphatic rings. The largest absolute Gasteiger partial charge is 0.353 e. The number of ether oxygens (including phenoxy) is 2. The van der Waals surface area contributed by atoms with E-state index >= 15 is 0 Å². The van der Waals surface area contributed by atoms with Crippen LogP contribution in [0.4, 0.5) is 8.78 Å². The van der Waals surface area contributed by atoms with Crippen molar-refractivity contribution in [3.63, 3.8) is 0 Å². The lowest BCUT2D eigenvalue weighted by atomic mass is 10.2. The minimum atomic E-state index is -2.52. The van der Waals surface area contributed by atoms with E-state index in [9.17, 15) is 8.78 Å². The first-order valence-electron chi connectivity index (χ1n) is 4.38. The Bertz CT molecular complexity index is 119. The molecule has 0 aliphatic heterocycles. The van der Waals surface area contributed by atoms with E-state index in [1.54, 1.807) is 13.8 Å². The second-order valence-corrected chi connectivity index (χ2v) is 2.57. The molecular weight excluding hydrogens is 180 g/mol. The summed E-state index contributed by atoms with van der Waals surface area (Å²) in [6.45, 7) is 4.42. The monoisotopic (exact) mass is 197 g/mol. The van der Waals surface area contributed by atoms with Crippen molar-refractivity contribution in [3.8, 4) is 0 Å². The van der Waals surface area contributed by atoms with Gasteiger partial charge in [-0.2, -0.15) is 0 Å². The molecule has 13 heavy (non-hydrogen) atoms. The SMILES string of the molecule is CCOC(CC(N)C(F)F)OCC. The maximum atomic E-state index is 12.0. The molecule has 0 amide bonds. The first-order valence-corrected chi connectivity index (χ1v) is 4.38. The Morgan fingerprint density at radius 1 is 1.15 bits per heavy atom. The zero-order valence-corrected chi connectivity index (χ0v) is 8.00. The Morgan fingerprint density at radius 3 is 1.92 bits per heavy atom. The molecule has 3 nitrogen and oxygen atoms in total. The Balaban J connectivity index is 3.78. The van der Waals surface area contributed by atoms with Crippen molar-refractivity contribution in [1.29, 1.82) is 0 Å². The molecule has 2 N–H and O–H groups in total. The lowest BCUT2D eigenvalue weighted by Crippen LogP contribution is -2.35. The molecule has 0 radical (unpaired) electrons. The third-order valence-corrected chi connectivity index (χ3v) is 1.49. The summed E-state index contributed by atoms with van der Waals surface area (Å²) >= 11 is 0. The fourth-order valence-electron chi connectivity index (χ4n) is 0.881. The number of hydrogen-bond donors (Lipinski definition) is 1. The van der Waals surface area contributed by atoms with E-state index in [0.717, 1.165) is 0 Å². The van der Waals surface area contributed by atoms with Gasteiger partial charge < -0.3 is 15.2 Å². The van der Waals surface area contributed by atoms with Gasteiger partial charge in [-0.3, -0.25) is 0 Å². The molecule has 5 heteroatoms. The zero-order valence-electron chi connectivity index (χ0n) is 8.00. The van der Waals surface area contributed by atoms with Gasteiger partial charge >= 0.3 is 0 Å². The highest BCUT2D eigenvalue weighted by Gasteiger charge is 2.20. The van der Waals surface area contributed by atoms with Gasteiger partial charge in [0, 0.05) is 19.6 Å². The van der Waals surface area contributed by atoms with Crippen LogP contribution in [0.15, 0.2) is 0 Å². The third-order valence-electron chi connectivity index (χ3n) is 1.49. The Kier molecular flexibility index (Phi) is 7.03. The Labute approximate surface area is 77.2 Å². The summed E-state index contributed by atoms with van der Waals surface area (Å²) in [6, 6.07) is -1.18. The van der Waals surface area contributed by atoms with Crippen LogP contribution in [0, 0.1) is 0 Å². The van der Waals surface area contributed by atoms with Crippen LogP contribution in [0.1, 0.15) is 20.3 Å². The molecule has 0 rings (SSSR count). The number of hydrogen-bond acceptors (Lipinski definition) is 3. The fourth-order valence-corrected chi connectivity index (χ4v) is 0.881. The predicted molar refractivity (Wildman–Crippen MR) is 45.6 cm³/mol. The van der Waals surface area contributed by atoms with Crippen LogP contribution in [0.2, 0.25) is 0 Å². The summed E-state index contributed by atoms with van der Waals surface area (Å²) in [6.07, 6.45) is -3.11. The number of rotatable bonds is 7. The molecule has 80 valence electrons. The highest BCUT2D eigenvalue weighted by molar-refractivity contribution is 4.65. The molecule has 0 aromatic heterocycles. The van der Waals surface area contributed by atoms with E-state index in [4.69, 9.17) is 15.2 Å². The number of alkyl halides is 2. The maximum absolute atomic E-state index is 12.0. The van der Waals surface area contributed by atoms with Crippen molar-refractivity contribution in [2.24, 2.45) is 5.73 Å². The molecule has 1 unspecified atom stereocenters. The van der Waals surface area contributed by atoms with Crippen LogP contribution >= 0.6 is 0 Å². The van der Waals surface area contributed by atoms with E-state index in [1.807, 2.05) is 0 Å². The van der Waals surface area contributed by atoms with Crippen molar-refractivity contribution < 1.29 is 18.3 Å². The number of nitrogens with two attached hydrogens (primary N) is 1. The second-order valence-electron chi connectivity index (χ2n) is 2.57. The van der Waals surface area contributed by atoms with Crippen LogP contribution < -0.4 is 5.73 Å². The molecule has 0 saturated heterocycles. The van der Waals surface area contributed by atoms with Crippen molar-refractivity contribution in [2.75, 3.05) is 13.2 Å². The molecule has 0 spiro atoms. The molecule has 0 bridgehead atoms. The first-order chi connectivity index (χ1) is 6.11. The molecule has 0 aromatic carbocycles. The third kappa shape index (κ3) is 5.90.